The Labute approximate surface area is 203 Å². The van der Waals surface area contributed by atoms with E-state index < -0.39 is 34.9 Å². The van der Waals surface area contributed by atoms with Gasteiger partial charge in [-0.3, -0.25) is 14.4 Å². The van der Waals surface area contributed by atoms with Crippen LogP contribution < -0.4 is 15.2 Å². The van der Waals surface area contributed by atoms with Gasteiger partial charge in [-0.25, -0.2) is 10.1 Å². The Bertz CT molecular complexity index is 1220. The van der Waals surface area contributed by atoms with E-state index in [1.54, 1.807) is 22.1 Å². The molecule has 0 aromatic carbocycles. The summed E-state index contributed by atoms with van der Waals surface area (Å²) in [5.74, 6) is -1.57. The van der Waals surface area contributed by atoms with Crippen LogP contribution in [0.4, 0.5) is 19.0 Å². The van der Waals surface area contributed by atoms with Crippen molar-refractivity contribution < 1.29 is 27.5 Å². The average molecular weight is 504 g/mol. The number of rotatable bonds is 6. The fourth-order valence-electron chi connectivity index (χ4n) is 4.50. The van der Waals surface area contributed by atoms with Crippen LogP contribution >= 0.6 is 0 Å². The second-order valence-corrected chi connectivity index (χ2v) is 8.71. The largest absolute Gasteiger partial charge is 0.490 e. The predicted octanol–water partition coefficient (Wildman–Crippen LogP) is 1.77. The number of nitrogens with zero attached hydrogens (tertiary/aromatic N) is 5. The summed E-state index contributed by atoms with van der Waals surface area (Å²) in [6.45, 7) is 1.72. The van der Waals surface area contributed by atoms with Gasteiger partial charge in [0.2, 0.25) is 5.91 Å². The molecule has 1 N–H and O–H groups in total. The Morgan fingerprint density at radius 1 is 1.14 bits per heavy atom. The maximum absolute atomic E-state index is 13.2. The summed E-state index contributed by atoms with van der Waals surface area (Å²) in [5, 5.41) is 14.0. The van der Waals surface area contributed by atoms with Gasteiger partial charge in [-0.1, -0.05) is 0 Å². The second-order valence-electron chi connectivity index (χ2n) is 8.71. The fraction of sp³-hybridized carbons (Fsp3) is 0.478. The molecule has 1 saturated carbocycles. The summed E-state index contributed by atoms with van der Waals surface area (Å²) in [7, 11) is 0. The first-order valence-electron chi connectivity index (χ1n) is 11.4. The third-order valence-electron chi connectivity index (χ3n) is 6.47. The summed E-state index contributed by atoms with van der Waals surface area (Å²) >= 11 is 0. The number of hydrogen-bond donors (Lipinski definition) is 1. The number of alkyl halides is 3. The normalized spacial score (nSPS) is 20.3. The van der Waals surface area contributed by atoms with E-state index in [-0.39, 0.29) is 24.7 Å². The molecule has 0 spiro atoms. The van der Waals surface area contributed by atoms with Crippen LogP contribution in [-0.4, -0.2) is 64.6 Å². The van der Waals surface area contributed by atoms with Crippen LogP contribution in [0, 0.1) is 23.2 Å². The van der Waals surface area contributed by atoms with Gasteiger partial charge in [0.05, 0.1) is 24.3 Å². The van der Waals surface area contributed by atoms with Crippen molar-refractivity contribution >= 4 is 17.5 Å². The SMILES string of the molecule is N#Cc1ccc(N2CCN(C(=O)C[C@H]3CC[C@H](COc4cn[nH]c(=O)c4C(F)(F)F)C3=O)CC2)nc1. The molecule has 2 aromatic rings. The van der Waals surface area contributed by atoms with Crippen molar-refractivity contribution in [2.24, 2.45) is 11.8 Å². The zero-order valence-corrected chi connectivity index (χ0v) is 19.1. The Morgan fingerprint density at radius 2 is 1.86 bits per heavy atom. The van der Waals surface area contributed by atoms with Gasteiger partial charge in [-0.2, -0.15) is 23.5 Å². The lowest BCUT2D eigenvalue weighted by atomic mass is 9.99. The maximum Gasteiger partial charge on any atom is 0.425 e. The summed E-state index contributed by atoms with van der Waals surface area (Å²) in [6, 6.07) is 5.46. The number of piperazine rings is 1. The Morgan fingerprint density at radius 3 is 2.50 bits per heavy atom. The minimum absolute atomic E-state index is 0.0326. The van der Waals surface area contributed by atoms with Gasteiger partial charge in [-0.05, 0) is 25.0 Å². The van der Waals surface area contributed by atoms with Crippen molar-refractivity contribution in [2.75, 3.05) is 37.7 Å². The van der Waals surface area contributed by atoms with Crippen LogP contribution in [0.5, 0.6) is 5.75 Å². The standard InChI is InChI=1S/C23H23F3N6O4/c24-23(25,26)20-17(12-29-30-22(20)35)36-13-16-3-2-15(21(16)34)9-19(33)32-7-5-31(6-8-32)18-4-1-14(10-27)11-28-18/h1,4,11-12,15-16H,2-3,5-9,13H2,(H,30,35)/t15-,16-/m1/s1. The third kappa shape index (κ3) is 5.48. The number of amides is 1. The number of ether oxygens (including phenoxy) is 1. The van der Waals surface area contributed by atoms with E-state index in [9.17, 15) is 27.6 Å². The molecule has 0 unspecified atom stereocenters. The van der Waals surface area contributed by atoms with Gasteiger partial charge in [0.1, 0.15) is 17.7 Å². The molecule has 10 nitrogen and oxygen atoms in total. The number of aromatic nitrogens is 3. The topological polar surface area (TPSA) is 132 Å². The van der Waals surface area contributed by atoms with Crippen molar-refractivity contribution in [3.8, 4) is 11.8 Å². The van der Waals surface area contributed by atoms with Crippen molar-refractivity contribution in [1.82, 2.24) is 20.1 Å². The van der Waals surface area contributed by atoms with Crippen LogP contribution in [0.1, 0.15) is 30.4 Å². The lowest BCUT2D eigenvalue weighted by Crippen LogP contribution is -2.49. The minimum atomic E-state index is -4.93. The molecule has 2 aliphatic rings. The van der Waals surface area contributed by atoms with Gasteiger partial charge < -0.3 is 14.5 Å². The van der Waals surface area contributed by atoms with Gasteiger partial charge >= 0.3 is 6.18 Å². The second kappa shape index (κ2) is 10.3. The summed E-state index contributed by atoms with van der Waals surface area (Å²) in [5.41, 5.74) is -2.45. The van der Waals surface area contributed by atoms with Crippen LogP contribution in [0.25, 0.3) is 0 Å². The zero-order chi connectivity index (χ0) is 25.9. The third-order valence-corrected chi connectivity index (χ3v) is 6.47. The number of Topliss-reactive ketones (excluding diaryl/α,β-unsaturated/α-hetero) is 1. The first kappa shape index (κ1) is 25.2. The Kier molecular flexibility index (Phi) is 7.23. The van der Waals surface area contributed by atoms with Crippen molar-refractivity contribution in [2.45, 2.75) is 25.4 Å². The molecular weight excluding hydrogens is 481 g/mol. The molecule has 0 bridgehead atoms. The smallest absolute Gasteiger partial charge is 0.425 e. The Hall–Kier alpha value is -3.95. The highest BCUT2D eigenvalue weighted by Gasteiger charge is 2.40. The van der Waals surface area contributed by atoms with E-state index in [1.165, 1.54) is 6.20 Å². The summed E-state index contributed by atoms with van der Waals surface area (Å²) in [6.07, 6.45) is -1.82. The first-order chi connectivity index (χ1) is 17.2. The number of carbonyl (C=O) groups is 2. The molecule has 0 radical (unpaired) electrons. The van der Waals surface area contributed by atoms with Gasteiger partial charge in [0.15, 0.2) is 11.3 Å². The molecule has 2 aromatic heterocycles. The molecule has 2 atom stereocenters. The number of nitrogens with one attached hydrogen (secondary N) is 1. The lowest BCUT2D eigenvalue weighted by molar-refractivity contribution is -0.140. The molecule has 1 saturated heterocycles. The highest BCUT2D eigenvalue weighted by molar-refractivity contribution is 5.90. The van der Waals surface area contributed by atoms with E-state index in [0.29, 0.717) is 44.6 Å². The molecule has 4 rings (SSSR count). The fourth-order valence-corrected chi connectivity index (χ4v) is 4.50. The monoisotopic (exact) mass is 504 g/mol. The molecule has 190 valence electrons. The Balaban J connectivity index is 1.28. The summed E-state index contributed by atoms with van der Waals surface area (Å²) < 4.78 is 44.7. The van der Waals surface area contributed by atoms with Gasteiger partial charge in [-0.15, -0.1) is 0 Å². The maximum atomic E-state index is 13.2. The number of hydrogen-bond acceptors (Lipinski definition) is 8. The molecule has 1 amide bonds. The molecule has 2 fully saturated rings. The molecule has 13 heteroatoms. The van der Waals surface area contributed by atoms with Crippen molar-refractivity contribution in [3.63, 3.8) is 0 Å². The summed E-state index contributed by atoms with van der Waals surface area (Å²) in [4.78, 5) is 45.1. The average Bonchev–Trinajstić information content (AvgIpc) is 3.20. The molecule has 36 heavy (non-hydrogen) atoms. The molecule has 1 aliphatic carbocycles. The van der Waals surface area contributed by atoms with Gasteiger partial charge in [0, 0.05) is 44.7 Å². The predicted molar refractivity (Wildman–Crippen MR) is 119 cm³/mol. The van der Waals surface area contributed by atoms with Gasteiger partial charge in [0.25, 0.3) is 5.56 Å². The van der Waals surface area contributed by atoms with E-state index in [2.05, 4.69) is 10.1 Å². The van der Waals surface area contributed by atoms with Crippen LogP contribution in [-0.2, 0) is 15.8 Å². The number of pyridine rings is 1. The van der Waals surface area contributed by atoms with E-state index in [0.717, 1.165) is 12.0 Å². The first-order valence-corrected chi connectivity index (χ1v) is 11.4. The van der Waals surface area contributed by atoms with Crippen molar-refractivity contribution in [1.29, 1.82) is 5.26 Å². The highest BCUT2D eigenvalue weighted by Crippen LogP contribution is 2.35. The van der Waals surface area contributed by atoms with Crippen LogP contribution in [0.2, 0.25) is 0 Å². The number of ketones is 1. The van der Waals surface area contributed by atoms with E-state index >= 15 is 0 Å². The molecular formula is C23H23F3N6O4. The number of anilines is 1. The zero-order valence-electron chi connectivity index (χ0n) is 19.1. The van der Waals surface area contributed by atoms with E-state index in [1.807, 2.05) is 11.0 Å². The van der Waals surface area contributed by atoms with Crippen LogP contribution in [0.15, 0.2) is 29.3 Å². The van der Waals surface area contributed by atoms with E-state index in [4.69, 9.17) is 10.00 Å². The van der Waals surface area contributed by atoms with Crippen LogP contribution in [0.3, 0.4) is 0 Å². The molecule has 3 heterocycles. The number of carbonyl (C=O) groups excluding carboxylic acids is 2. The highest BCUT2D eigenvalue weighted by atomic mass is 19.4. The number of aromatic amines is 1. The quantitative estimate of drug-likeness (QED) is 0.630. The molecule has 1 aliphatic heterocycles. The number of nitriles is 1. The number of halogens is 3. The number of H-pyrrole nitrogens is 1. The minimum Gasteiger partial charge on any atom is -0.490 e. The van der Waals surface area contributed by atoms with Crippen molar-refractivity contribution in [3.05, 3.63) is 46.0 Å². The lowest BCUT2D eigenvalue weighted by Gasteiger charge is -2.35.